The first-order chi connectivity index (χ1) is 24.1. The van der Waals surface area contributed by atoms with E-state index in [9.17, 15) is 9.59 Å². The van der Waals surface area contributed by atoms with Crippen LogP contribution in [-0.2, 0) is 0 Å². The summed E-state index contributed by atoms with van der Waals surface area (Å²) < 4.78 is 21.6. The number of carboxylic acid groups (broad SMARTS) is 1. The lowest BCUT2D eigenvalue weighted by Gasteiger charge is -2.13. The molecule has 53 heavy (non-hydrogen) atoms. The maximum atomic E-state index is 13.0. The van der Waals surface area contributed by atoms with Crippen molar-refractivity contribution in [1.82, 2.24) is 9.55 Å². The van der Waals surface area contributed by atoms with Crippen LogP contribution in [-0.4, -0.2) is 49.1 Å². The van der Waals surface area contributed by atoms with Crippen molar-refractivity contribution in [2.75, 3.05) is 34.2 Å². The molecule has 11 nitrogen and oxygen atoms in total. The van der Waals surface area contributed by atoms with Gasteiger partial charge in [0.2, 0.25) is 0 Å². The van der Waals surface area contributed by atoms with Crippen molar-refractivity contribution in [3.8, 4) is 34.1 Å². The molecule has 1 heterocycles. The van der Waals surface area contributed by atoms with Gasteiger partial charge in [-0.3, -0.25) is 9.36 Å². The van der Waals surface area contributed by atoms with Crippen LogP contribution < -0.4 is 30.2 Å². The molecule has 0 aliphatic carbocycles. The van der Waals surface area contributed by atoms with E-state index < -0.39 is 5.97 Å². The molecule has 0 saturated carbocycles. The van der Waals surface area contributed by atoms with Gasteiger partial charge in [-0.25, -0.2) is 4.79 Å². The van der Waals surface area contributed by atoms with Gasteiger partial charge in [-0.15, -0.1) is 0 Å². The first kappa shape index (κ1) is 47.3. The van der Waals surface area contributed by atoms with Gasteiger partial charge in [0.05, 0.1) is 80.7 Å². The van der Waals surface area contributed by atoms with E-state index in [0.29, 0.717) is 64.6 Å². The molecular weight excluding hydrogens is 853 g/mol. The number of aromatic nitrogens is 2. The predicted molar refractivity (Wildman–Crippen MR) is 220 cm³/mol. The number of ether oxygens (including phenoxy) is 4. The van der Waals surface area contributed by atoms with E-state index in [4.69, 9.17) is 117 Å². The minimum atomic E-state index is -1.11. The first-order valence-corrected chi connectivity index (χ1v) is 17.1. The first-order valence-electron chi connectivity index (χ1n) is 13.6. The molecule has 0 aliphatic rings. The number of hydrogen-bond acceptors (Lipinski definition) is 10. The van der Waals surface area contributed by atoms with Gasteiger partial charge in [0, 0.05) is 28.8 Å². The molecule has 0 amide bonds. The lowest BCUT2D eigenvalue weighted by molar-refractivity contribution is 0.0698. The fraction of sp³-hybridized carbons (Fsp3) is 0.176. The zero-order chi connectivity index (χ0) is 38.2. The molecule has 0 spiro atoms. The number of nitriles is 1. The Balaban J connectivity index is 0.000000428. The van der Waals surface area contributed by atoms with Crippen LogP contribution in [0, 0.1) is 15.4 Å². The minimum absolute atomic E-state index is 0. The SMILES string of the molecule is C.C.COc1cc(-n2c(=S)[nH]c3cc(OC)c(Cl)cc3c2=O)c(Cl)cc1Cl.COc1cc(N)c(C(=O)O)cc1Cl.COc1cc(SC#N)c(Cl)cc1Cl. The van der Waals surface area contributed by atoms with Gasteiger partial charge >= 0.3 is 5.97 Å². The Morgan fingerprint density at radius 3 is 1.77 bits per heavy atom. The van der Waals surface area contributed by atoms with Crippen molar-refractivity contribution in [3.05, 3.63) is 99.4 Å². The van der Waals surface area contributed by atoms with Crippen LogP contribution in [0.15, 0.2) is 58.2 Å². The standard InChI is InChI=1S/C16H11Cl3N2O3S.C8H5Cl2NOS.C8H8ClNO3.2CH4/c1-23-13-5-11-7(3-9(13)18)15(22)21(16(25)20-11)12-6-14(24-2)10(19)4-8(12)17;1-12-7-3-8(13-4-11)6(10)2-5(7)9;1-13-7-3-6(10)4(8(11)12)2-5(7)9;;/h3-6H,1-2H3,(H,20,25);2-3H,1H3;2-3H,10H2,1H3,(H,11,12);2*1H4. The summed E-state index contributed by atoms with van der Waals surface area (Å²) in [6.07, 6.45) is 0. The number of thiocyanates is 1. The van der Waals surface area contributed by atoms with Gasteiger partial charge in [-0.05, 0) is 54.3 Å². The van der Waals surface area contributed by atoms with Gasteiger partial charge in [0.15, 0.2) is 4.77 Å². The number of H-pyrrole nitrogens is 1. The lowest BCUT2D eigenvalue weighted by atomic mass is 10.2. The quantitative estimate of drug-likeness (QED) is 0.0617. The number of carboxylic acids is 1. The van der Waals surface area contributed by atoms with Crippen LogP contribution in [0.4, 0.5) is 5.69 Å². The number of methoxy groups -OCH3 is 4. The van der Waals surface area contributed by atoms with Crippen LogP contribution in [0.1, 0.15) is 25.2 Å². The molecule has 5 rings (SSSR count). The molecule has 19 heteroatoms. The highest BCUT2D eigenvalue weighted by Crippen LogP contribution is 2.36. The van der Waals surface area contributed by atoms with Crippen LogP contribution in [0.2, 0.25) is 30.1 Å². The van der Waals surface area contributed by atoms with Gasteiger partial charge in [0.1, 0.15) is 28.4 Å². The molecule has 284 valence electrons. The molecule has 0 aliphatic heterocycles. The highest BCUT2D eigenvalue weighted by atomic mass is 35.5. The van der Waals surface area contributed by atoms with Gasteiger partial charge in [0.25, 0.3) is 5.56 Å². The number of carbonyl (C=O) groups is 1. The second-order valence-electron chi connectivity index (χ2n) is 9.53. The summed E-state index contributed by atoms with van der Waals surface area (Å²) in [4.78, 5) is 27.2. The van der Waals surface area contributed by atoms with E-state index in [1.54, 1.807) is 24.3 Å². The second-order valence-corrected chi connectivity index (χ2v) is 13.2. The van der Waals surface area contributed by atoms with E-state index >= 15 is 0 Å². The predicted octanol–water partition coefficient (Wildman–Crippen LogP) is 11.5. The summed E-state index contributed by atoms with van der Waals surface area (Å²) in [6, 6.07) is 12.0. The van der Waals surface area contributed by atoms with Crippen molar-refractivity contribution in [2.45, 2.75) is 19.7 Å². The third kappa shape index (κ3) is 11.4. The van der Waals surface area contributed by atoms with E-state index in [0.717, 1.165) is 11.8 Å². The van der Waals surface area contributed by atoms with Crippen LogP contribution >= 0.6 is 93.6 Å². The normalized spacial score (nSPS) is 9.83. The Morgan fingerprint density at radius 2 is 1.25 bits per heavy atom. The van der Waals surface area contributed by atoms with Crippen molar-refractivity contribution in [1.29, 1.82) is 5.26 Å². The summed E-state index contributed by atoms with van der Waals surface area (Å²) in [6.45, 7) is 0. The van der Waals surface area contributed by atoms with E-state index in [1.807, 2.05) is 5.40 Å². The molecule has 0 atom stereocenters. The largest absolute Gasteiger partial charge is 0.495 e. The Labute approximate surface area is 344 Å². The number of benzene rings is 4. The number of nitrogen functional groups attached to an aromatic ring is 1. The van der Waals surface area contributed by atoms with Crippen molar-refractivity contribution < 1.29 is 28.8 Å². The number of nitrogens with two attached hydrogens (primary N) is 1. The molecule has 0 saturated heterocycles. The Hall–Kier alpha value is -3.71. The van der Waals surface area contributed by atoms with Gasteiger partial charge < -0.3 is 34.8 Å². The smallest absolute Gasteiger partial charge is 0.337 e. The Kier molecular flexibility index (Phi) is 19.0. The van der Waals surface area contributed by atoms with E-state index in [2.05, 4.69) is 4.98 Å². The monoisotopic (exact) mass is 882 g/mol. The van der Waals surface area contributed by atoms with Gasteiger partial charge in [-0.1, -0.05) is 84.5 Å². The highest BCUT2D eigenvalue weighted by Gasteiger charge is 2.16. The van der Waals surface area contributed by atoms with Crippen LogP contribution in [0.5, 0.6) is 23.0 Å². The minimum Gasteiger partial charge on any atom is -0.495 e. The summed E-state index contributed by atoms with van der Waals surface area (Å²) in [5.74, 6) is 0.577. The van der Waals surface area contributed by atoms with Crippen LogP contribution in [0.3, 0.4) is 0 Å². The number of thioether (sulfide) groups is 1. The molecule has 1 aromatic heterocycles. The Morgan fingerprint density at radius 1 is 0.774 bits per heavy atom. The molecule has 4 N–H and O–H groups in total. The zero-order valence-corrected chi connectivity index (χ0v) is 32.7. The summed E-state index contributed by atoms with van der Waals surface area (Å²) in [5, 5.41) is 21.4. The Bertz CT molecular complexity index is 2280. The number of fused-ring (bicyclic) bond motifs is 1. The third-order valence-corrected chi connectivity index (χ3v) is 9.39. The van der Waals surface area contributed by atoms with Crippen molar-refractivity contribution in [2.24, 2.45) is 0 Å². The lowest BCUT2D eigenvalue weighted by Crippen LogP contribution is -2.21. The zero-order valence-electron chi connectivity index (χ0n) is 26.6. The second kappa shape index (κ2) is 21.2. The van der Waals surface area contributed by atoms with Crippen molar-refractivity contribution >= 4 is 116 Å². The summed E-state index contributed by atoms with van der Waals surface area (Å²) >= 11 is 42.1. The van der Waals surface area contributed by atoms with Crippen LogP contribution in [0.25, 0.3) is 16.6 Å². The number of aromatic carboxylic acids is 1. The summed E-state index contributed by atoms with van der Waals surface area (Å²) in [5.41, 5.74) is 6.03. The maximum absolute atomic E-state index is 13.0. The fourth-order valence-electron chi connectivity index (χ4n) is 4.14. The van der Waals surface area contributed by atoms with Gasteiger partial charge in [-0.2, -0.15) is 5.26 Å². The molecule has 0 fully saturated rings. The fourth-order valence-corrected chi connectivity index (χ4v) is 6.46. The number of anilines is 1. The average Bonchev–Trinajstić information content (AvgIpc) is 3.08. The van der Waals surface area contributed by atoms with E-state index in [1.165, 1.54) is 57.3 Å². The number of nitrogens with zero attached hydrogens (tertiary/aromatic N) is 2. The molecule has 5 aromatic rings. The van der Waals surface area contributed by atoms with E-state index in [-0.39, 0.29) is 46.5 Å². The molecule has 0 radical (unpaired) electrons. The number of nitrogens with one attached hydrogen (secondary N) is 1. The molecular formula is C34H32Cl6N4O7S2. The number of rotatable bonds is 7. The third-order valence-electron chi connectivity index (χ3n) is 6.55. The molecule has 0 unspecified atom stereocenters. The average molecular weight is 886 g/mol. The summed E-state index contributed by atoms with van der Waals surface area (Å²) in [7, 11) is 5.90. The number of hydrogen-bond donors (Lipinski definition) is 3. The molecule has 4 aromatic carbocycles. The highest BCUT2D eigenvalue weighted by molar-refractivity contribution is 8.03. The topological polar surface area (TPSA) is 162 Å². The van der Waals surface area contributed by atoms with Crippen molar-refractivity contribution in [3.63, 3.8) is 0 Å². The molecule has 0 bridgehead atoms. The number of aromatic amines is 1. The number of halogens is 6. The maximum Gasteiger partial charge on any atom is 0.337 e.